The maximum absolute atomic E-state index is 2.46. The summed E-state index contributed by atoms with van der Waals surface area (Å²) in [4.78, 5) is 0. The van der Waals surface area contributed by atoms with E-state index in [0.29, 0.717) is 0 Å². The monoisotopic (exact) mass is 712 g/mol. The summed E-state index contributed by atoms with van der Waals surface area (Å²) in [5.74, 6) is 0. The van der Waals surface area contributed by atoms with Gasteiger partial charge < -0.3 is 9.13 Å². The number of fused-ring (bicyclic) bond motifs is 6. The Labute approximate surface area is 325 Å². The summed E-state index contributed by atoms with van der Waals surface area (Å²) >= 11 is 0. The highest BCUT2D eigenvalue weighted by Gasteiger charge is 2.19. The zero-order chi connectivity index (χ0) is 37.0. The zero-order valence-electron chi connectivity index (χ0n) is 30.7. The third kappa shape index (κ3) is 5.34. The van der Waals surface area contributed by atoms with E-state index in [1.165, 1.54) is 88.1 Å². The summed E-state index contributed by atoms with van der Waals surface area (Å²) in [5.41, 5.74) is 16.7. The summed E-state index contributed by atoms with van der Waals surface area (Å²) < 4.78 is 4.88. The van der Waals surface area contributed by atoms with E-state index in [-0.39, 0.29) is 0 Å². The van der Waals surface area contributed by atoms with Crippen LogP contribution >= 0.6 is 0 Å². The highest BCUT2D eigenvalue weighted by Crippen LogP contribution is 2.41. The van der Waals surface area contributed by atoms with Gasteiger partial charge in [-0.3, -0.25) is 0 Å². The Hall–Kier alpha value is -7.42. The number of hydrogen-bond donors (Lipinski definition) is 0. The smallest absolute Gasteiger partial charge is 0.0548 e. The van der Waals surface area contributed by atoms with Gasteiger partial charge in [0.1, 0.15) is 0 Å². The van der Waals surface area contributed by atoms with Crippen molar-refractivity contribution in [2.45, 2.75) is 0 Å². The van der Waals surface area contributed by atoms with Crippen molar-refractivity contribution in [1.29, 1.82) is 0 Å². The van der Waals surface area contributed by atoms with E-state index >= 15 is 0 Å². The molecule has 0 aliphatic heterocycles. The van der Waals surface area contributed by atoms with Gasteiger partial charge in [0, 0.05) is 32.9 Å². The predicted molar refractivity (Wildman–Crippen MR) is 237 cm³/mol. The number of nitrogens with zero attached hydrogens (tertiary/aromatic N) is 2. The van der Waals surface area contributed by atoms with Crippen molar-refractivity contribution in [1.82, 2.24) is 9.13 Å². The molecule has 0 amide bonds. The summed E-state index contributed by atoms with van der Waals surface area (Å²) in [6, 6.07) is 79.4. The Morgan fingerprint density at radius 3 is 1.29 bits per heavy atom. The fourth-order valence-electron chi connectivity index (χ4n) is 8.61. The van der Waals surface area contributed by atoms with E-state index in [1.54, 1.807) is 0 Å². The minimum Gasteiger partial charge on any atom is -0.309 e. The van der Waals surface area contributed by atoms with Gasteiger partial charge in [-0.15, -0.1) is 0 Å². The largest absolute Gasteiger partial charge is 0.309 e. The normalized spacial score (nSPS) is 11.6. The topological polar surface area (TPSA) is 9.86 Å². The van der Waals surface area contributed by atoms with Crippen molar-refractivity contribution < 1.29 is 0 Å². The van der Waals surface area contributed by atoms with Crippen LogP contribution in [0, 0.1) is 0 Å². The first kappa shape index (κ1) is 32.0. The first-order chi connectivity index (χ1) is 27.8. The van der Waals surface area contributed by atoms with Crippen LogP contribution in [0.1, 0.15) is 0 Å². The van der Waals surface area contributed by atoms with E-state index in [1.807, 2.05) is 0 Å². The Morgan fingerprint density at radius 1 is 0.196 bits per heavy atom. The van der Waals surface area contributed by atoms with Crippen LogP contribution in [0.15, 0.2) is 218 Å². The average Bonchev–Trinajstić information content (AvgIpc) is 3.78. The van der Waals surface area contributed by atoms with Crippen molar-refractivity contribution in [2.75, 3.05) is 0 Å². The van der Waals surface area contributed by atoms with Crippen LogP contribution in [-0.2, 0) is 0 Å². The van der Waals surface area contributed by atoms with Gasteiger partial charge in [-0.1, -0.05) is 158 Å². The number of para-hydroxylation sites is 2. The number of hydrogen-bond acceptors (Lipinski definition) is 0. The van der Waals surface area contributed by atoms with Crippen molar-refractivity contribution >= 4 is 43.6 Å². The van der Waals surface area contributed by atoms with Crippen LogP contribution in [0.2, 0.25) is 0 Å². The van der Waals surface area contributed by atoms with Crippen molar-refractivity contribution in [3.63, 3.8) is 0 Å². The minimum absolute atomic E-state index is 1.14. The quantitative estimate of drug-likeness (QED) is 0.162. The Bertz CT molecular complexity index is 3210. The number of benzene rings is 9. The molecular formula is C54H36N2. The van der Waals surface area contributed by atoms with E-state index in [9.17, 15) is 0 Å². The van der Waals surface area contributed by atoms with Gasteiger partial charge in [0.15, 0.2) is 0 Å². The first-order valence-corrected chi connectivity index (χ1v) is 19.3. The molecule has 0 saturated carbocycles. The number of aromatic nitrogens is 2. The fourth-order valence-corrected chi connectivity index (χ4v) is 8.61. The molecule has 0 radical (unpaired) electrons. The van der Waals surface area contributed by atoms with Crippen LogP contribution in [-0.4, -0.2) is 9.13 Å². The molecule has 11 aromatic rings. The van der Waals surface area contributed by atoms with E-state index in [4.69, 9.17) is 0 Å². The van der Waals surface area contributed by atoms with Gasteiger partial charge >= 0.3 is 0 Å². The zero-order valence-corrected chi connectivity index (χ0v) is 30.7. The van der Waals surface area contributed by atoms with Gasteiger partial charge in [0.25, 0.3) is 0 Å². The Morgan fingerprint density at radius 2 is 0.589 bits per heavy atom. The molecule has 2 aromatic heterocycles. The second-order valence-corrected chi connectivity index (χ2v) is 14.6. The Kier molecular flexibility index (Phi) is 7.53. The maximum atomic E-state index is 2.46. The second kappa shape index (κ2) is 13.2. The fraction of sp³-hybridized carbons (Fsp3) is 0. The standard InChI is InChI=1S/C54H36N2/c1-4-14-37(15-5-1)39-26-28-40(29-27-39)43-20-13-23-46(33-43)56-52-31-30-44(42-19-12-18-41(32-42)38-16-6-2-7-17-38)34-48(52)50-36-53-49(35-54(50)56)47-24-10-11-25-51(47)55(53)45-21-8-3-9-22-45/h1-36H. The third-order valence-corrected chi connectivity index (χ3v) is 11.3. The van der Waals surface area contributed by atoms with Gasteiger partial charge in [-0.05, 0) is 105 Å². The van der Waals surface area contributed by atoms with Crippen LogP contribution in [0.4, 0.5) is 0 Å². The molecule has 0 fully saturated rings. The predicted octanol–water partition coefficient (Wildman–Crippen LogP) is 14.5. The molecule has 9 aromatic carbocycles. The molecule has 0 aliphatic rings. The van der Waals surface area contributed by atoms with E-state index < -0.39 is 0 Å². The highest BCUT2D eigenvalue weighted by molar-refractivity contribution is 6.19. The summed E-state index contributed by atoms with van der Waals surface area (Å²) in [6.45, 7) is 0. The lowest BCUT2D eigenvalue weighted by Crippen LogP contribution is -1.95. The molecular weight excluding hydrogens is 677 g/mol. The molecule has 2 nitrogen and oxygen atoms in total. The lowest BCUT2D eigenvalue weighted by Gasteiger charge is -2.12. The first-order valence-electron chi connectivity index (χ1n) is 19.3. The minimum atomic E-state index is 1.14. The van der Waals surface area contributed by atoms with Gasteiger partial charge in [0.05, 0.1) is 22.1 Å². The summed E-state index contributed by atoms with van der Waals surface area (Å²) in [7, 11) is 0. The van der Waals surface area contributed by atoms with Gasteiger partial charge in [0.2, 0.25) is 0 Å². The molecule has 2 heteroatoms. The molecule has 0 aliphatic carbocycles. The van der Waals surface area contributed by atoms with Crippen molar-refractivity contribution in [2.24, 2.45) is 0 Å². The maximum Gasteiger partial charge on any atom is 0.0548 e. The molecule has 262 valence electrons. The lowest BCUT2D eigenvalue weighted by atomic mass is 9.98. The summed E-state index contributed by atoms with van der Waals surface area (Å²) in [6.07, 6.45) is 0. The Balaban J connectivity index is 1.14. The molecule has 0 bridgehead atoms. The van der Waals surface area contributed by atoms with Gasteiger partial charge in [-0.2, -0.15) is 0 Å². The third-order valence-electron chi connectivity index (χ3n) is 11.3. The highest BCUT2D eigenvalue weighted by atomic mass is 15.0. The number of rotatable bonds is 6. The van der Waals surface area contributed by atoms with E-state index in [0.717, 1.165) is 11.4 Å². The van der Waals surface area contributed by atoms with Crippen LogP contribution in [0.5, 0.6) is 0 Å². The van der Waals surface area contributed by atoms with Crippen LogP contribution in [0.3, 0.4) is 0 Å². The SMILES string of the molecule is c1ccc(-c2ccc(-c3cccc(-n4c5ccc(-c6cccc(-c7ccccc7)c6)cc5c5cc6c(cc54)c4ccccc4n6-c4ccccc4)c3)cc2)cc1. The molecule has 0 saturated heterocycles. The van der Waals surface area contributed by atoms with Crippen molar-refractivity contribution in [3.05, 3.63) is 218 Å². The average molecular weight is 713 g/mol. The molecule has 11 rings (SSSR count). The molecule has 2 heterocycles. The molecule has 0 unspecified atom stereocenters. The second-order valence-electron chi connectivity index (χ2n) is 14.6. The summed E-state index contributed by atoms with van der Waals surface area (Å²) in [5, 5.41) is 4.94. The molecule has 0 spiro atoms. The van der Waals surface area contributed by atoms with Gasteiger partial charge in [-0.25, -0.2) is 0 Å². The van der Waals surface area contributed by atoms with Crippen LogP contribution in [0.25, 0.3) is 99.5 Å². The molecule has 0 atom stereocenters. The molecule has 56 heavy (non-hydrogen) atoms. The van der Waals surface area contributed by atoms with Crippen LogP contribution < -0.4 is 0 Å². The lowest BCUT2D eigenvalue weighted by molar-refractivity contribution is 1.17. The van der Waals surface area contributed by atoms with E-state index in [2.05, 4.69) is 228 Å². The molecule has 0 N–H and O–H groups in total. The van der Waals surface area contributed by atoms with Crippen molar-refractivity contribution in [3.8, 4) is 55.9 Å².